The lowest BCUT2D eigenvalue weighted by molar-refractivity contribution is -0.214. The zero-order chi connectivity index (χ0) is 27.9. The van der Waals surface area contributed by atoms with Gasteiger partial charge in [-0.25, -0.2) is 19.3 Å². The molecule has 3 aromatic rings. The second-order valence-electron chi connectivity index (χ2n) is 11.6. The predicted molar refractivity (Wildman–Crippen MR) is 151 cm³/mol. The number of aromatic nitrogens is 4. The molecular formula is C30H42N6O4. The summed E-state index contributed by atoms with van der Waals surface area (Å²) < 4.78 is 1.83. The van der Waals surface area contributed by atoms with Crippen molar-refractivity contribution in [2.75, 3.05) is 20.1 Å². The fraction of sp³-hybridized carbons (Fsp3) is 0.600. The van der Waals surface area contributed by atoms with Crippen LogP contribution in [-0.4, -0.2) is 68.0 Å². The molecule has 1 saturated carbocycles. The highest BCUT2D eigenvalue weighted by atomic mass is 16.7. The van der Waals surface area contributed by atoms with Gasteiger partial charge in [-0.3, -0.25) is 0 Å². The molecule has 1 aliphatic heterocycles. The molecule has 5 rings (SSSR count). The number of aromatic amines is 1. The van der Waals surface area contributed by atoms with Gasteiger partial charge in [0.25, 0.3) is 0 Å². The third kappa shape index (κ3) is 6.90. The minimum atomic E-state index is -1.54. The van der Waals surface area contributed by atoms with Crippen molar-refractivity contribution in [3.05, 3.63) is 48.2 Å². The molecule has 2 fully saturated rings. The number of nitrogens with zero attached hydrogens (tertiary/aromatic N) is 4. The SMILES string of the molecule is CNCC(c1c[nH]c2ccc(Cn3cncn3)cc12)C(CC1CCCCC1)CC1CCCCN1OC(=O)C(=O)O. The van der Waals surface area contributed by atoms with Crippen molar-refractivity contribution in [1.82, 2.24) is 30.1 Å². The van der Waals surface area contributed by atoms with Crippen molar-refractivity contribution >= 4 is 22.8 Å². The minimum Gasteiger partial charge on any atom is -0.473 e. The van der Waals surface area contributed by atoms with E-state index in [-0.39, 0.29) is 12.0 Å². The summed E-state index contributed by atoms with van der Waals surface area (Å²) >= 11 is 0. The number of carboxylic acids is 1. The van der Waals surface area contributed by atoms with Crippen LogP contribution < -0.4 is 5.32 Å². The summed E-state index contributed by atoms with van der Waals surface area (Å²) in [7, 11) is 2.01. The molecule has 1 aromatic carbocycles. The normalized spacial score (nSPS) is 20.4. The second kappa shape index (κ2) is 13.4. The van der Waals surface area contributed by atoms with Crippen LogP contribution in [0, 0.1) is 11.8 Å². The molecule has 0 amide bonds. The molecule has 40 heavy (non-hydrogen) atoms. The molecule has 3 atom stereocenters. The van der Waals surface area contributed by atoms with Crippen LogP contribution in [0.2, 0.25) is 0 Å². The van der Waals surface area contributed by atoms with Crippen molar-refractivity contribution in [3.63, 3.8) is 0 Å². The number of piperidine rings is 1. The lowest BCUT2D eigenvalue weighted by Gasteiger charge is -2.39. The van der Waals surface area contributed by atoms with Gasteiger partial charge in [0.1, 0.15) is 12.7 Å². The Balaban J connectivity index is 1.45. The number of hydrogen-bond donors (Lipinski definition) is 3. The van der Waals surface area contributed by atoms with E-state index in [1.807, 2.05) is 11.7 Å². The number of hydrogen-bond acceptors (Lipinski definition) is 7. The van der Waals surface area contributed by atoms with Crippen LogP contribution in [0.5, 0.6) is 0 Å². The monoisotopic (exact) mass is 550 g/mol. The number of benzene rings is 1. The Morgan fingerprint density at radius 3 is 2.73 bits per heavy atom. The number of carbonyl (C=O) groups is 2. The number of nitrogens with one attached hydrogen (secondary N) is 2. The van der Waals surface area contributed by atoms with E-state index in [0.29, 0.717) is 24.9 Å². The summed E-state index contributed by atoms with van der Waals surface area (Å²) in [5, 5.41) is 19.8. The number of hydroxylamine groups is 2. The summed E-state index contributed by atoms with van der Waals surface area (Å²) in [4.78, 5) is 36.2. The van der Waals surface area contributed by atoms with Gasteiger partial charge >= 0.3 is 11.9 Å². The van der Waals surface area contributed by atoms with Gasteiger partial charge in [0.05, 0.1) is 6.54 Å². The number of carbonyl (C=O) groups excluding carboxylic acids is 1. The van der Waals surface area contributed by atoms with Gasteiger partial charge in [-0.05, 0) is 67.8 Å². The molecule has 3 heterocycles. The van der Waals surface area contributed by atoms with Crippen molar-refractivity contribution < 1.29 is 19.5 Å². The molecule has 1 saturated heterocycles. The fourth-order valence-electron chi connectivity index (χ4n) is 6.95. The Morgan fingerprint density at radius 2 is 1.98 bits per heavy atom. The first kappa shape index (κ1) is 28.3. The smallest absolute Gasteiger partial charge is 0.436 e. The van der Waals surface area contributed by atoms with Gasteiger partial charge in [0.15, 0.2) is 0 Å². The maximum absolute atomic E-state index is 12.0. The van der Waals surface area contributed by atoms with E-state index in [0.717, 1.165) is 44.2 Å². The first-order valence-corrected chi connectivity index (χ1v) is 14.8. The van der Waals surface area contributed by atoms with Gasteiger partial charge in [-0.2, -0.15) is 5.10 Å². The van der Waals surface area contributed by atoms with Crippen LogP contribution >= 0.6 is 0 Å². The van der Waals surface area contributed by atoms with Crippen molar-refractivity contribution in [2.24, 2.45) is 11.8 Å². The molecule has 3 unspecified atom stereocenters. The average Bonchev–Trinajstić information content (AvgIpc) is 3.63. The molecular weight excluding hydrogens is 508 g/mol. The highest BCUT2D eigenvalue weighted by Crippen LogP contribution is 2.41. The Morgan fingerprint density at radius 1 is 1.15 bits per heavy atom. The number of likely N-dealkylation sites (N-methyl/N-ethyl adjacent to an activating group) is 1. The predicted octanol–water partition coefficient (Wildman–Crippen LogP) is 4.48. The van der Waals surface area contributed by atoms with Crippen LogP contribution in [0.1, 0.15) is 81.3 Å². The number of H-pyrrole nitrogens is 1. The lowest BCUT2D eigenvalue weighted by Crippen LogP contribution is -2.44. The van der Waals surface area contributed by atoms with Crippen LogP contribution in [0.15, 0.2) is 37.1 Å². The van der Waals surface area contributed by atoms with Crippen molar-refractivity contribution in [3.8, 4) is 0 Å². The Hall–Kier alpha value is -3.24. The molecule has 10 nitrogen and oxygen atoms in total. The molecule has 216 valence electrons. The highest BCUT2D eigenvalue weighted by Gasteiger charge is 2.35. The molecule has 2 aliphatic rings. The largest absolute Gasteiger partial charge is 0.473 e. The first-order chi connectivity index (χ1) is 19.5. The van der Waals surface area contributed by atoms with Crippen molar-refractivity contribution in [1.29, 1.82) is 0 Å². The Bertz CT molecular complexity index is 1250. The molecule has 1 aliphatic carbocycles. The van der Waals surface area contributed by atoms with Crippen LogP contribution in [-0.2, 0) is 21.0 Å². The van der Waals surface area contributed by atoms with Crippen LogP contribution in [0.25, 0.3) is 10.9 Å². The van der Waals surface area contributed by atoms with Gasteiger partial charge in [-0.15, -0.1) is 5.06 Å². The molecule has 0 radical (unpaired) electrons. The quantitative estimate of drug-likeness (QED) is 0.298. The lowest BCUT2D eigenvalue weighted by atomic mass is 9.73. The molecule has 2 aromatic heterocycles. The first-order valence-electron chi connectivity index (χ1n) is 14.8. The number of rotatable bonds is 11. The Labute approximate surface area is 235 Å². The number of carboxylic acid groups (broad SMARTS) is 1. The van der Waals surface area contributed by atoms with E-state index in [1.54, 1.807) is 17.7 Å². The maximum Gasteiger partial charge on any atom is 0.436 e. The van der Waals surface area contributed by atoms with Gasteiger partial charge < -0.3 is 20.2 Å². The summed E-state index contributed by atoms with van der Waals surface area (Å²) in [6.45, 7) is 2.07. The summed E-state index contributed by atoms with van der Waals surface area (Å²) in [6, 6.07) is 6.56. The highest BCUT2D eigenvalue weighted by molar-refractivity contribution is 6.28. The zero-order valence-electron chi connectivity index (χ0n) is 23.4. The molecule has 0 bridgehead atoms. The van der Waals surface area contributed by atoms with E-state index in [9.17, 15) is 9.59 Å². The molecule has 10 heteroatoms. The number of aliphatic carboxylic acids is 1. The average molecular weight is 551 g/mol. The zero-order valence-corrected chi connectivity index (χ0v) is 23.4. The van der Waals surface area contributed by atoms with E-state index in [4.69, 9.17) is 9.94 Å². The summed E-state index contributed by atoms with van der Waals surface area (Å²) in [5.41, 5.74) is 3.59. The minimum absolute atomic E-state index is 0.0121. The fourth-order valence-corrected chi connectivity index (χ4v) is 6.95. The molecule has 3 N–H and O–H groups in total. The molecule has 0 spiro atoms. The summed E-state index contributed by atoms with van der Waals surface area (Å²) in [5.74, 6) is -1.45. The second-order valence-corrected chi connectivity index (χ2v) is 11.6. The third-order valence-corrected chi connectivity index (χ3v) is 8.87. The summed E-state index contributed by atoms with van der Waals surface area (Å²) in [6.07, 6.45) is 16.7. The maximum atomic E-state index is 12.0. The third-order valence-electron chi connectivity index (χ3n) is 8.87. The van der Waals surface area contributed by atoms with E-state index in [1.165, 1.54) is 48.6 Å². The van der Waals surface area contributed by atoms with E-state index in [2.05, 4.69) is 44.8 Å². The van der Waals surface area contributed by atoms with E-state index >= 15 is 0 Å². The van der Waals surface area contributed by atoms with Crippen LogP contribution in [0.3, 0.4) is 0 Å². The van der Waals surface area contributed by atoms with Gasteiger partial charge in [0.2, 0.25) is 0 Å². The van der Waals surface area contributed by atoms with E-state index < -0.39 is 11.9 Å². The van der Waals surface area contributed by atoms with Gasteiger partial charge in [-0.1, -0.05) is 44.6 Å². The topological polar surface area (TPSA) is 125 Å². The van der Waals surface area contributed by atoms with Gasteiger partial charge in [0, 0.05) is 42.1 Å². The van der Waals surface area contributed by atoms with Crippen molar-refractivity contribution in [2.45, 2.75) is 82.7 Å². The Kier molecular flexibility index (Phi) is 9.49. The van der Waals surface area contributed by atoms with Crippen LogP contribution in [0.4, 0.5) is 0 Å². The number of fused-ring (bicyclic) bond motifs is 1. The standard InChI is InChI=1S/C30H42N6O4/c1-31-16-26(27-17-33-28-11-10-22(14-25(27)28)18-35-20-32-19-34-35)23(13-21-7-3-2-4-8-21)15-24-9-5-6-12-36(24)40-30(39)29(37)38/h10-11,14,17,19-21,23-24,26,31,33H,2-9,12-13,15-16,18H2,1H3,(H,37,38).